The molecule has 1 unspecified atom stereocenters. The van der Waals surface area contributed by atoms with E-state index in [1.165, 1.54) is 0 Å². The molecular formula is C20H23ClN2O3. The Morgan fingerprint density at radius 1 is 0.962 bits per heavy atom. The van der Waals surface area contributed by atoms with E-state index >= 15 is 0 Å². The van der Waals surface area contributed by atoms with Crippen LogP contribution in [-0.4, -0.2) is 29.1 Å². The van der Waals surface area contributed by atoms with E-state index in [-0.39, 0.29) is 13.1 Å². The van der Waals surface area contributed by atoms with Crippen molar-refractivity contribution in [3.05, 3.63) is 70.7 Å². The van der Waals surface area contributed by atoms with Crippen LogP contribution in [0.4, 0.5) is 0 Å². The highest BCUT2D eigenvalue weighted by Gasteiger charge is 2.23. The van der Waals surface area contributed by atoms with Gasteiger partial charge >= 0.3 is 11.8 Å². The summed E-state index contributed by atoms with van der Waals surface area (Å²) in [6.07, 6.45) is 1.16. The quantitative estimate of drug-likeness (QED) is 0.651. The fourth-order valence-electron chi connectivity index (χ4n) is 2.36. The Labute approximate surface area is 158 Å². The minimum Gasteiger partial charge on any atom is -0.388 e. The molecule has 0 radical (unpaired) electrons. The lowest BCUT2D eigenvalue weighted by Crippen LogP contribution is -2.46. The van der Waals surface area contributed by atoms with Crippen LogP contribution < -0.4 is 10.6 Å². The van der Waals surface area contributed by atoms with Gasteiger partial charge in [0.1, 0.15) is 0 Å². The summed E-state index contributed by atoms with van der Waals surface area (Å²) >= 11 is 5.80. The van der Waals surface area contributed by atoms with E-state index in [1.54, 1.807) is 31.2 Å². The Kier molecular flexibility index (Phi) is 7.18. The van der Waals surface area contributed by atoms with Gasteiger partial charge in [-0.05, 0) is 43.0 Å². The Morgan fingerprint density at radius 3 is 2.23 bits per heavy atom. The SMILES string of the molecule is CC(O)(CCc1ccccc1)CNC(=O)C(=O)NCc1ccc(Cl)cc1. The van der Waals surface area contributed by atoms with Crippen LogP contribution in [0.3, 0.4) is 0 Å². The third kappa shape index (κ3) is 6.86. The van der Waals surface area contributed by atoms with Crippen LogP contribution in [0, 0.1) is 0 Å². The topological polar surface area (TPSA) is 78.4 Å². The van der Waals surface area contributed by atoms with Crippen molar-refractivity contribution in [3.63, 3.8) is 0 Å². The maximum atomic E-state index is 11.9. The molecule has 2 aromatic carbocycles. The van der Waals surface area contributed by atoms with Crippen molar-refractivity contribution >= 4 is 23.4 Å². The van der Waals surface area contributed by atoms with Gasteiger partial charge in [0, 0.05) is 18.1 Å². The average molecular weight is 375 g/mol. The van der Waals surface area contributed by atoms with Crippen molar-refractivity contribution in [3.8, 4) is 0 Å². The Hall–Kier alpha value is -2.37. The maximum Gasteiger partial charge on any atom is 0.309 e. The zero-order valence-corrected chi connectivity index (χ0v) is 15.4. The van der Waals surface area contributed by atoms with Crippen LogP contribution in [-0.2, 0) is 22.6 Å². The molecule has 0 heterocycles. The number of benzene rings is 2. The molecular weight excluding hydrogens is 352 g/mol. The number of halogens is 1. The first-order valence-corrected chi connectivity index (χ1v) is 8.80. The second-order valence-corrected chi connectivity index (χ2v) is 6.91. The summed E-state index contributed by atoms with van der Waals surface area (Å²) < 4.78 is 0. The predicted molar refractivity (Wildman–Crippen MR) is 102 cm³/mol. The molecule has 2 rings (SSSR count). The van der Waals surface area contributed by atoms with Gasteiger partial charge in [0.15, 0.2) is 0 Å². The molecule has 0 fully saturated rings. The largest absolute Gasteiger partial charge is 0.388 e. The molecule has 5 nitrogen and oxygen atoms in total. The molecule has 0 aliphatic heterocycles. The molecule has 0 aliphatic rings. The first-order valence-electron chi connectivity index (χ1n) is 8.42. The van der Waals surface area contributed by atoms with E-state index in [9.17, 15) is 14.7 Å². The van der Waals surface area contributed by atoms with Gasteiger partial charge in [-0.15, -0.1) is 0 Å². The highest BCUT2D eigenvalue weighted by molar-refractivity contribution is 6.35. The summed E-state index contributed by atoms with van der Waals surface area (Å²) in [5, 5.41) is 16.0. The minimum absolute atomic E-state index is 0.00698. The van der Waals surface area contributed by atoms with E-state index in [0.29, 0.717) is 17.9 Å². The predicted octanol–water partition coefficient (Wildman–Crippen LogP) is 2.46. The molecule has 0 saturated heterocycles. The van der Waals surface area contributed by atoms with Crippen molar-refractivity contribution in [2.45, 2.75) is 31.9 Å². The molecule has 3 N–H and O–H groups in total. The third-order valence-electron chi connectivity index (χ3n) is 4.00. The van der Waals surface area contributed by atoms with Gasteiger partial charge in [0.2, 0.25) is 0 Å². The number of nitrogens with one attached hydrogen (secondary N) is 2. The Morgan fingerprint density at radius 2 is 1.58 bits per heavy atom. The molecule has 138 valence electrons. The Balaban J connectivity index is 1.73. The number of aryl methyl sites for hydroxylation is 1. The summed E-state index contributed by atoms with van der Waals surface area (Å²) in [4.78, 5) is 23.7. The number of hydrogen-bond donors (Lipinski definition) is 3. The highest BCUT2D eigenvalue weighted by atomic mass is 35.5. The molecule has 2 amide bonds. The lowest BCUT2D eigenvalue weighted by molar-refractivity contribution is -0.139. The highest BCUT2D eigenvalue weighted by Crippen LogP contribution is 2.13. The summed E-state index contributed by atoms with van der Waals surface area (Å²) in [6.45, 7) is 1.88. The molecule has 0 aliphatic carbocycles. The molecule has 0 aromatic heterocycles. The lowest BCUT2D eigenvalue weighted by atomic mass is 9.97. The van der Waals surface area contributed by atoms with Gasteiger partial charge in [-0.3, -0.25) is 9.59 Å². The minimum atomic E-state index is -1.10. The summed E-state index contributed by atoms with van der Waals surface area (Å²) in [6, 6.07) is 16.8. The van der Waals surface area contributed by atoms with Crippen LogP contribution in [0.25, 0.3) is 0 Å². The summed E-state index contributed by atoms with van der Waals surface area (Å²) in [5.74, 6) is -1.50. The second kappa shape index (κ2) is 9.36. The van der Waals surface area contributed by atoms with Crippen molar-refractivity contribution in [2.24, 2.45) is 0 Å². The van der Waals surface area contributed by atoms with Crippen molar-refractivity contribution in [1.29, 1.82) is 0 Å². The zero-order valence-electron chi connectivity index (χ0n) is 14.7. The van der Waals surface area contributed by atoms with Gasteiger partial charge in [-0.25, -0.2) is 0 Å². The van der Waals surface area contributed by atoms with E-state index in [4.69, 9.17) is 11.6 Å². The molecule has 6 heteroatoms. The third-order valence-corrected chi connectivity index (χ3v) is 4.25. The second-order valence-electron chi connectivity index (χ2n) is 6.47. The van der Waals surface area contributed by atoms with Gasteiger partial charge in [-0.1, -0.05) is 54.1 Å². The first kappa shape index (κ1) is 19.9. The normalized spacial score (nSPS) is 12.9. The van der Waals surface area contributed by atoms with E-state index < -0.39 is 17.4 Å². The van der Waals surface area contributed by atoms with Crippen molar-refractivity contribution < 1.29 is 14.7 Å². The molecule has 26 heavy (non-hydrogen) atoms. The first-order chi connectivity index (χ1) is 12.4. The van der Waals surface area contributed by atoms with Gasteiger partial charge in [0.05, 0.1) is 5.60 Å². The molecule has 0 saturated carbocycles. The fourth-order valence-corrected chi connectivity index (χ4v) is 2.49. The summed E-state index contributed by atoms with van der Waals surface area (Å²) in [7, 11) is 0. The van der Waals surface area contributed by atoms with Crippen LogP contribution in [0.1, 0.15) is 24.5 Å². The molecule has 2 aromatic rings. The number of hydrogen-bond acceptors (Lipinski definition) is 3. The number of aliphatic hydroxyl groups is 1. The number of carbonyl (C=O) groups excluding carboxylic acids is 2. The summed E-state index contributed by atoms with van der Waals surface area (Å²) in [5.41, 5.74) is 0.854. The van der Waals surface area contributed by atoms with Gasteiger partial charge in [-0.2, -0.15) is 0 Å². The van der Waals surface area contributed by atoms with Crippen LogP contribution in [0.2, 0.25) is 5.02 Å². The number of carbonyl (C=O) groups is 2. The van der Waals surface area contributed by atoms with Crippen LogP contribution >= 0.6 is 11.6 Å². The zero-order chi connectivity index (χ0) is 19.0. The monoisotopic (exact) mass is 374 g/mol. The van der Waals surface area contributed by atoms with Crippen molar-refractivity contribution in [2.75, 3.05) is 6.54 Å². The van der Waals surface area contributed by atoms with Crippen LogP contribution in [0.15, 0.2) is 54.6 Å². The number of amides is 2. The number of rotatable bonds is 7. The van der Waals surface area contributed by atoms with E-state index in [0.717, 1.165) is 11.1 Å². The smallest absolute Gasteiger partial charge is 0.309 e. The van der Waals surface area contributed by atoms with E-state index in [1.807, 2.05) is 30.3 Å². The molecule has 0 bridgehead atoms. The molecule has 1 atom stereocenters. The molecule has 0 spiro atoms. The van der Waals surface area contributed by atoms with Crippen LogP contribution in [0.5, 0.6) is 0 Å². The lowest BCUT2D eigenvalue weighted by Gasteiger charge is -2.23. The Bertz CT molecular complexity index is 730. The average Bonchev–Trinajstić information content (AvgIpc) is 2.65. The standard InChI is InChI=1S/C20H23ClN2O3/c1-20(26,12-11-15-5-3-2-4-6-15)14-23-19(25)18(24)22-13-16-7-9-17(21)10-8-16/h2-10,26H,11-14H2,1H3,(H,22,24)(H,23,25). The fraction of sp³-hybridized carbons (Fsp3) is 0.300. The van der Waals surface area contributed by atoms with E-state index in [2.05, 4.69) is 10.6 Å². The van der Waals surface area contributed by atoms with Crippen molar-refractivity contribution in [1.82, 2.24) is 10.6 Å². The van der Waals surface area contributed by atoms with Gasteiger partial charge in [0.25, 0.3) is 0 Å². The van der Waals surface area contributed by atoms with Gasteiger partial charge < -0.3 is 15.7 Å². The maximum absolute atomic E-state index is 11.9.